The Labute approximate surface area is 185 Å². The van der Waals surface area contributed by atoms with Crippen molar-refractivity contribution < 1.29 is 9.50 Å². The zero-order valence-corrected chi connectivity index (χ0v) is 18.0. The van der Waals surface area contributed by atoms with E-state index in [-0.39, 0.29) is 5.82 Å². The van der Waals surface area contributed by atoms with Gasteiger partial charge in [-0.2, -0.15) is 5.10 Å². The van der Waals surface area contributed by atoms with Crippen LogP contribution >= 0.6 is 0 Å². The molecule has 5 rings (SSSR count). The van der Waals surface area contributed by atoms with Crippen LogP contribution in [0.25, 0.3) is 22.3 Å². The topological polar surface area (TPSA) is 79.1 Å². The number of anilines is 2. The molecule has 2 heterocycles. The van der Waals surface area contributed by atoms with Crippen molar-refractivity contribution in [3.8, 4) is 11.3 Å². The zero-order valence-electron chi connectivity index (χ0n) is 18.0. The molecule has 0 bridgehead atoms. The molecule has 1 saturated carbocycles. The summed E-state index contributed by atoms with van der Waals surface area (Å²) >= 11 is 0. The van der Waals surface area contributed by atoms with E-state index in [0.29, 0.717) is 17.2 Å². The predicted molar refractivity (Wildman–Crippen MR) is 122 cm³/mol. The Morgan fingerprint density at radius 3 is 2.72 bits per heavy atom. The first-order valence-corrected chi connectivity index (χ1v) is 10.7. The van der Waals surface area contributed by atoms with Crippen LogP contribution in [0.15, 0.2) is 55.0 Å². The van der Waals surface area contributed by atoms with Crippen LogP contribution in [-0.4, -0.2) is 38.4 Å². The van der Waals surface area contributed by atoms with Crippen molar-refractivity contribution in [2.24, 2.45) is 13.0 Å². The highest BCUT2D eigenvalue weighted by atomic mass is 19.1. The minimum absolute atomic E-state index is 0.382. The highest BCUT2D eigenvalue weighted by Crippen LogP contribution is 2.37. The second-order valence-corrected chi connectivity index (χ2v) is 8.32. The summed E-state index contributed by atoms with van der Waals surface area (Å²) in [6.07, 6.45) is 6.81. The zero-order chi connectivity index (χ0) is 22.2. The van der Waals surface area contributed by atoms with Gasteiger partial charge in [0.2, 0.25) is 0 Å². The smallest absolute Gasteiger partial charge is 0.131 e. The summed E-state index contributed by atoms with van der Waals surface area (Å²) in [5.74, 6) is 0.187. The molecule has 0 saturated heterocycles. The Morgan fingerprint density at radius 1 is 1.16 bits per heavy atom. The van der Waals surface area contributed by atoms with Crippen LogP contribution in [0, 0.1) is 11.7 Å². The summed E-state index contributed by atoms with van der Waals surface area (Å²) in [5.41, 5.74) is 5.31. The van der Waals surface area contributed by atoms with Crippen molar-refractivity contribution in [1.29, 1.82) is 0 Å². The fraction of sp³-hybridized carbons (Fsp3) is 0.292. The van der Waals surface area contributed by atoms with Crippen LogP contribution in [0.5, 0.6) is 0 Å². The number of nitrogens with one attached hydrogen (secondary N) is 1. The van der Waals surface area contributed by atoms with Gasteiger partial charge in [0.15, 0.2) is 0 Å². The second kappa shape index (κ2) is 8.29. The van der Waals surface area contributed by atoms with Gasteiger partial charge in [-0.1, -0.05) is 0 Å². The molecule has 4 aromatic rings. The number of benzene rings is 2. The number of halogens is 1. The molecule has 2 aromatic heterocycles. The lowest BCUT2D eigenvalue weighted by molar-refractivity contribution is 0.149. The SMILES string of the molecule is CNC(O)c1cc(F)cc(N(CC2CC2)c2ccc3ncc(-c4cnn(C)c4)nc3c2)c1. The predicted octanol–water partition coefficient (Wildman–Crippen LogP) is 3.93. The largest absolute Gasteiger partial charge is 0.374 e. The van der Waals surface area contributed by atoms with E-state index in [1.54, 1.807) is 24.1 Å². The maximum Gasteiger partial charge on any atom is 0.131 e. The lowest BCUT2D eigenvalue weighted by atomic mass is 10.1. The highest BCUT2D eigenvalue weighted by molar-refractivity contribution is 5.82. The van der Waals surface area contributed by atoms with E-state index in [4.69, 9.17) is 4.98 Å². The van der Waals surface area contributed by atoms with Crippen LogP contribution in [0.4, 0.5) is 15.8 Å². The lowest BCUT2D eigenvalue weighted by Gasteiger charge is -2.26. The van der Waals surface area contributed by atoms with Gasteiger partial charge in [0, 0.05) is 42.3 Å². The molecule has 1 aliphatic rings. The number of hydrogen-bond donors (Lipinski definition) is 2. The normalized spacial score (nSPS) is 14.6. The molecule has 0 spiro atoms. The quantitative estimate of drug-likeness (QED) is 0.431. The van der Waals surface area contributed by atoms with Gasteiger partial charge in [-0.25, -0.2) is 9.37 Å². The van der Waals surface area contributed by atoms with Gasteiger partial charge >= 0.3 is 0 Å². The van der Waals surface area contributed by atoms with E-state index in [1.165, 1.54) is 12.1 Å². The molecule has 7 nitrogen and oxygen atoms in total. The van der Waals surface area contributed by atoms with E-state index in [9.17, 15) is 9.50 Å². The number of rotatable bonds is 7. The van der Waals surface area contributed by atoms with E-state index >= 15 is 0 Å². The molecule has 1 atom stereocenters. The van der Waals surface area contributed by atoms with E-state index < -0.39 is 6.23 Å². The Bertz CT molecular complexity index is 1270. The van der Waals surface area contributed by atoms with Crippen molar-refractivity contribution in [2.45, 2.75) is 19.1 Å². The summed E-state index contributed by atoms with van der Waals surface area (Å²) < 4.78 is 16.2. The van der Waals surface area contributed by atoms with Crippen molar-refractivity contribution in [2.75, 3.05) is 18.5 Å². The minimum Gasteiger partial charge on any atom is -0.374 e. The fourth-order valence-corrected chi connectivity index (χ4v) is 3.86. The third-order valence-electron chi connectivity index (χ3n) is 5.78. The molecule has 1 aliphatic carbocycles. The molecule has 1 unspecified atom stereocenters. The first kappa shape index (κ1) is 20.5. The average molecular weight is 433 g/mol. The van der Waals surface area contributed by atoms with Gasteiger partial charge in [0.25, 0.3) is 0 Å². The monoisotopic (exact) mass is 432 g/mol. The fourth-order valence-electron chi connectivity index (χ4n) is 3.86. The first-order valence-electron chi connectivity index (χ1n) is 10.7. The van der Waals surface area contributed by atoms with Crippen LogP contribution in [0.2, 0.25) is 0 Å². The third-order valence-corrected chi connectivity index (χ3v) is 5.78. The van der Waals surface area contributed by atoms with Crippen molar-refractivity contribution in [3.63, 3.8) is 0 Å². The van der Waals surface area contributed by atoms with Crippen LogP contribution < -0.4 is 10.2 Å². The van der Waals surface area contributed by atoms with Gasteiger partial charge in [0.05, 0.1) is 29.1 Å². The maximum atomic E-state index is 14.5. The van der Waals surface area contributed by atoms with E-state index in [2.05, 4.69) is 20.3 Å². The van der Waals surface area contributed by atoms with Gasteiger partial charge in [-0.05, 0) is 62.2 Å². The van der Waals surface area contributed by atoms with Crippen molar-refractivity contribution >= 4 is 22.4 Å². The Kier molecular flexibility index (Phi) is 5.32. The van der Waals surface area contributed by atoms with Crippen molar-refractivity contribution in [1.82, 2.24) is 25.1 Å². The number of aryl methyl sites for hydroxylation is 1. The molecule has 0 amide bonds. The first-order chi connectivity index (χ1) is 15.5. The summed E-state index contributed by atoms with van der Waals surface area (Å²) in [4.78, 5) is 11.5. The molecule has 32 heavy (non-hydrogen) atoms. The third kappa shape index (κ3) is 4.19. The lowest BCUT2D eigenvalue weighted by Crippen LogP contribution is -2.21. The maximum absolute atomic E-state index is 14.5. The van der Waals surface area contributed by atoms with Gasteiger partial charge in [0.1, 0.15) is 12.0 Å². The minimum atomic E-state index is -0.934. The molecule has 1 fully saturated rings. The number of aromatic nitrogens is 4. The van der Waals surface area contributed by atoms with E-state index in [1.807, 2.05) is 37.5 Å². The summed E-state index contributed by atoms with van der Waals surface area (Å²) in [6, 6.07) is 10.6. The van der Waals surface area contributed by atoms with Crippen LogP contribution in [0.1, 0.15) is 24.6 Å². The number of aliphatic hydroxyl groups excluding tert-OH is 1. The van der Waals surface area contributed by atoms with Gasteiger partial charge in [-0.15, -0.1) is 0 Å². The Morgan fingerprint density at radius 2 is 2.00 bits per heavy atom. The second-order valence-electron chi connectivity index (χ2n) is 8.32. The van der Waals surface area contributed by atoms with Gasteiger partial charge in [-0.3, -0.25) is 15.0 Å². The average Bonchev–Trinajstić information content (AvgIpc) is 3.53. The summed E-state index contributed by atoms with van der Waals surface area (Å²) in [5, 5.41) is 17.2. The number of fused-ring (bicyclic) bond motifs is 1. The molecule has 8 heteroatoms. The molecule has 164 valence electrons. The number of aliphatic hydroxyl groups is 1. The molecule has 2 aromatic carbocycles. The van der Waals surface area contributed by atoms with Crippen molar-refractivity contribution in [3.05, 3.63) is 66.4 Å². The van der Waals surface area contributed by atoms with Crippen LogP contribution in [0.3, 0.4) is 0 Å². The molecule has 0 radical (unpaired) electrons. The summed E-state index contributed by atoms with van der Waals surface area (Å²) in [7, 11) is 3.50. The number of hydrogen-bond acceptors (Lipinski definition) is 6. The molecule has 2 N–H and O–H groups in total. The Hall–Kier alpha value is -3.36. The van der Waals surface area contributed by atoms with E-state index in [0.717, 1.165) is 47.4 Å². The molecular formula is C24H25FN6O. The molecule has 0 aliphatic heterocycles. The highest BCUT2D eigenvalue weighted by Gasteiger charge is 2.26. The molecular weight excluding hydrogens is 407 g/mol. The standard InChI is InChI=1S/C24H25FN6O/c1-26-24(32)16-7-18(25)9-20(8-16)31(13-15-3-4-15)19-5-6-21-22(10-19)29-23(12-27-21)17-11-28-30(2)14-17/h5-12,14-15,24,26,32H,3-4,13H2,1-2H3. The van der Waals surface area contributed by atoms with Crippen LogP contribution in [-0.2, 0) is 7.05 Å². The van der Waals surface area contributed by atoms with Gasteiger partial charge < -0.3 is 10.0 Å². The number of nitrogens with zero attached hydrogens (tertiary/aromatic N) is 5. The summed E-state index contributed by atoms with van der Waals surface area (Å²) in [6.45, 7) is 0.778. The Balaban J connectivity index is 1.57.